The Morgan fingerprint density at radius 3 is 2.40 bits per heavy atom. The molecule has 1 fully saturated rings. The summed E-state index contributed by atoms with van der Waals surface area (Å²) in [6.07, 6.45) is 0.483. The lowest BCUT2D eigenvalue weighted by molar-refractivity contribution is -0.119. The molecule has 0 aliphatic carbocycles. The van der Waals surface area contributed by atoms with Crippen LogP contribution in [0.3, 0.4) is 0 Å². The number of nitrogens with one attached hydrogen (secondary N) is 2. The standard InChI is InChI=1S/C19H18N2O3S/c1-12(14-5-3-2-4-6-14)17(22)20-15-9-7-13(8-10-15)11-16-18(23)21-19(24)25-16/h2-10,12,16H,11H2,1H3,(H,20,22)(H,21,23,24)/t12-,16?/m1/s1. The molecule has 1 aliphatic rings. The van der Waals surface area contributed by atoms with Gasteiger partial charge in [-0.2, -0.15) is 0 Å². The molecule has 6 heteroatoms. The monoisotopic (exact) mass is 354 g/mol. The number of hydrogen-bond acceptors (Lipinski definition) is 4. The van der Waals surface area contributed by atoms with Gasteiger partial charge >= 0.3 is 0 Å². The number of imide groups is 1. The molecular formula is C19H18N2O3S. The summed E-state index contributed by atoms with van der Waals surface area (Å²) >= 11 is 1.02. The van der Waals surface area contributed by atoms with Gasteiger partial charge in [0.05, 0.1) is 11.2 Å². The Kier molecular flexibility index (Phi) is 5.19. The molecule has 2 aromatic carbocycles. The molecule has 1 saturated heterocycles. The van der Waals surface area contributed by atoms with Gasteiger partial charge in [-0.25, -0.2) is 0 Å². The number of anilines is 1. The van der Waals surface area contributed by atoms with Crippen LogP contribution in [0.4, 0.5) is 10.5 Å². The lowest BCUT2D eigenvalue weighted by Crippen LogP contribution is -2.25. The first kappa shape index (κ1) is 17.2. The lowest BCUT2D eigenvalue weighted by atomic mass is 10.0. The van der Waals surface area contributed by atoms with Gasteiger partial charge in [-0.3, -0.25) is 19.7 Å². The van der Waals surface area contributed by atoms with E-state index in [0.29, 0.717) is 12.1 Å². The fourth-order valence-electron chi connectivity index (χ4n) is 2.61. The van der Waals surface area contributed by atoms with Crippen LogP contribution in [-0.4, -0.2) is 22.3 Å². The highest BCUT2D eigenvalue weighted by molar-refractivity contribution is 8.15. The molecular weight excluding hydrogens is 336 g/mol. The molecule has 0 radical (unpaired) electrons. The van der Waals surface area contributed by atoms with E-state index in [1.54, 1.807) is 0 Å². The first-order valence-electron chi connectivity index (χ1n) is 7.99. The van der Waals surface area contributed by atoms with E-state index < -0.39 is 0 Å². The smallest absolute Gasteiger partial charge is 0.286 e. The molecule has 25 heavy (non-hydrogen) atoms. The Balaban J connectivity index is 1.60. The van der Waals surface area contributed by atoms with Crippen molar-refractivity contribution < 1.29 is 14.4 Å². The molecule has 2 atom stereocenters. The van der Waals surface area contributed by atoms with Gasteiger partial charge in [0.25, 0.3) is 5.24 Å². The van der Waals surface area contributed by atoms with Crippen molar-refractivity contribution in [1.82, 2.24) is 5.32 Å². The van der Waals surface area contributed by atoms with E-state index in [2.05, 4.69) is 10.6 Å². The van der Waals surface area contributed by atoms with Crippen molar-refractivity contribution in [1.29, 1.82) is 0 Å². The fourth-order valence-corrected chi connectivity index (χ4v) is 3.47. The van der Waals surface area contributed by atoms with E-state index >= 15 is 0 Å². The summed E-state index contributed by atoms with van der Waals surface area (Å²) in [5, 5.41) is 4.50. The Morgan fingerprint density at radius 2 is 1.80 bits per heavy atom. The van der Waals surface area contributed by atoms with Crippen LogP contribution in [0.5, 0.6) is 0 Å². The van der Waals surface area contributed by atoms with Crippen molar-refractivity contribution >= 4 is 34.5 Å². The lowest BCUT2D eigenvalue weighted by Gasteiger charge is -2.13. The zero-order chi connectivity index (χ0) is 17.8. The third-order valence-corrected chi connectivity index (χ3v) is 5.08. The van der Waals surface area contributed by atoms with Crippen LogP contribution in [0.1, 0.15) is 24.0 Å². The van der Waals surface area contributed by atoms with Crippen LogP contribution in [0.2, 0.25) is 0 Å². The Bertz CT molecular complexity index is 790. The van der Waals surface area contributed by atoms with Crippen LogP contribution in [0, 0.1) is 0 Å². The number of carbonyl (C=O) groups is 3. The Hall–Kier alpha value is -2.60. The number of carbonyl (C=O) groups excluding carboxylic acids is 3. The van der Waals surface area contributed by atoms with Gasteiger partial charge < -0.3 is 5.32 Å². The minimum atomic E-state index is -0.383. The first-order valence-corrected chi connectivity index (χ1v) is 8.87. The van der Waals surface area contributed by atoms with Gasteiger partial charge in [-0.1, -0.05) is 54.2 Å². The fraction of sp³-hybridized carbons (Fsp3) is 0.211. The van der Waals surface area contributed by atoms with Crippen LogP contribution in [0.15, 0.2) is 54.6 Å². The minimum absolute atomic E-state index is 0.0738. The topological polar surface area (TPSA) is 75.3 Å². The average Bonchev–Trinajstić information content (AvgIpc) is 2.94. The van der Waals surface area contributed by atoms with Gasteiger partial charge in [0.15, 0.2) is 0 Å². The predicted molar refractivity (Wildman–Crippen MR) is 98.6 cm³/mol. The second-order valence-corrected chi connectivity index (χ2v) is 7.08. The molecule has 1 unspecified atom stereocenters. The minimum Gasteiger partial charge on any atom is -0.326 e. The van der Waals surface area contributed by atoms with Crippen LogP contribution in [0.25, 0.3) is 0 Å². The number of hydrogen-bond donors (Lipinski definition) is 2. The first-order chi connectivity index (χ1) is 12.0. The van der Waals surface area contributed by atoms with Crippen LogP contribution >= 0.6 is 11.8 Å². The summed E-state index contributed by atoms with van der Waals surface area (Å²) in [6.45, 7) is 1.87. The third-order valence-electron chi connectivity index (χ3n) is 4.10. The summed E-state index contributed by atoms with van der Waals surface area (Å²) < 4.78 is 0. The number of amides is 3. The normalized spacial score (nSPS) is 17.9. The van der Waals surface area contributed by atoms with Gasteiger partial charge in [0.2, 0.25) is 11.8 Å². The van der Waals surface area contributed by atoms with E-state index in [1.165, 1.54) is 0 Å². The molecule has 0 saturated carbocycles. The maximum atomic E-state index is 12.4. The average molecular weight is 354 g/mol. The van der Waals surface area contributed by atoms with Gasteiger partial charge in [-0.05, 0) is 36.6 Å². The molecule has 5 nitrogen and oxygen atoms in total. The van der Waals surface area contributed by atoms with Crippen molar-refractivity contribution in [3.63, 3.8) is 0 Å². The molecule has 0 aromatic heterocycles. The molecule has 1 aliphatic heterocycles. The van der Waals surface area contributed by atoms with Crippen LogP contribution in [-0.2, 0) is 16.0 Å². The van der Waals surface area contributed by atoms with Crippen molar-refractivity contribution in [2.45, 2.75) is 24.5 Å². The van der Waals surface area contributed by atoms with Gasteiger partial charge in [-0.15, -0.1) is 0 Å². The Labute approximate surface area is 150 Å². The molecule has 128 valence electrons. The summed E-state index contributed by atoms with van der Waals surface area (Å²) in [6, 6.07) is 16.9. The molecule has 2 aromatic rings. The molecule has 3 amide bonds. The quantitative estimate of drug-likeness (QED) is 0.864. The van der Waals surface area contributed by atoms with Gasteiger partial charge in [0, 0.05) is 5.69 Å². The highest BCUT2D eigenvalue weighted by Crippen LogP contribution is 2.24. The predicted octanol–water partition coefficient (Wildman–Crippen LogP) is 3.32. The molecule has 0 bridgehead atoms. The summed E-state index contributed by atoms with van der Waals surface area (Å²) in [5.41, 5.74) is 2.61. The SMILES string of the molecule is C[C@@H](C(=O)Nc1ccc(CC2SC(=O)NC2=O)cc1)c1ccccc1. The van der Waals surface area contributed by atoms with E-state index in [9.17, 15) is 14.4 Å². The molecule has 1 heterocycles. The highest BCUT2D eigenvalue weighted by atomic mass is 32.2. The van der Waals surface area contributed by atoms with Crippen molar-refractivity contribution in [3.05, 3.63) is 65.7 Å². The van der Waals surface area contributed by atoms with Crippen molar-refractivity contribution in [2.75, 3.05) is 5.32 Å². The summed E-state index contributed by atoms with van der Waals surface area (Å²) in [4.78, 5) is 35.1. The second kappa shape index (κ2) is 7.53. The van der Waals surface area contributed by atoms with Crippen LogP contribution < -0.4 is 10.6 Å². The number of thioether (sulfide) groups is 1. The Morgan fingerprint density at radius 1 is 1.12 bits per heavy atom. The number of benzene rings is 2. The molecule has 0 spiro atoms. The highest BCUT2D eigenvalue weighted by Gasteiger charge is 2.31. The van der Waals surface area contributed by atoms with E-state index in [0.717, 1.165) is 22.9 Å². The maximum Gasteiger partial charge on any atom is 0.286 e. The van der Waals surface area contributed by atoms with Gasteiger partial charge in [0.1, 0.15) is 0 Å². The van der Waals surface area contributed by atoms with Crippen molar-refractivity contribution in [3.8, 4) is 0 Å². The van der Waals surface area contributed by atoms with Crippen molar-refractivity contribution in [2.24, 2.45) is 0 Å². The maximum absolute atomic E-state index is 12.4. The van der Waals surface area contributed by atoms with E-state index in [1.807, 2.05) is 61.5 Å². The molecule has 3 rings (SSSR count). The third kappa shape index (κ3) is 4.28. The zero-order valence-corrected chi connectivity index (χ0v) is 14.5. The van der Waals surface area contributed by atoms with E-state index in [4.69, 9.17) is 0 Å². The summed E-state index contributed by atoms with van der Waals surface area (Å²) in [7, 11) is 0. The molecule has 2 N–H and O–H groups in total. The summed E-state index contributed by atoms with van der Waals surface area (Å²) in [5.74, 6) is -0.565. The second-order valence-electron chi connectivity index (χ2n) is 5.91. The van der Waals surface area contributed by atoms with E-state index in [-0.39, 0.29) is 28.2 Å². The number of rotatable bonds is 5. The zero-order valence-electron chi connectivity index (χ0n) is 13.7. The largest absolute Gasteiger partial charge is 0.326 e.